The van der Waals surface area contributed by atoms with Crippen molar-refractivity contribution in [2.45, 2.75) is 13.0 Å². The molecule has 2 aliphatic rings. The zero-order chi connectivity index (χ0) is 25.4. The van der Waals surface area contributed by atoms with Gasteiger partial charge in [-0.1, -0.05) is 12.1 Å². The fourth-order valence-corrected chi connectivity index (χ4v) is 4.37. The standard InChI is InChI=1S/C27H22FNO7/c1-3-34-18-8-4-15(5-9-18)24-23(25(30)19-12-16(28)6-10-20(19)33-2)26(31)27(32)29(24)17-7-11-21-22(13-17)36-14-35-21/h4-13,24,30H,3,14H2,1-2H3/b25-23+. The molecular formula is C27H22FNO7. The van der Waals surface area contributed by atoms with E-state index in [0.717, 1.165) is 6.07 Å². The Morgan fingerprint density at radius 2 is 1.81 bits per heavy atom. The average Bonchev–Trinajstić information content (AvgIpc) is 3.46. The number of fused-ring (bicyclic) bond motifs is 1. The molecule has 3 aromatic rings. The highest BCUT2D eigenvalue weighted by Crippen LogP contribution is 2.45. The summed E-state index contributed by atoms with van der Waals surface area (Å²) in [4.78, 5) is 28.0. The Kier molecular flexibility index (Phi) is 5.97. The van der Waals surface area contributed by atoms with Gasteiger partial charge in [0.05, 0.1) is 30.9 Å². The molecule has 0 aliphatic carbocycles. The van der Waals surface area contributed by atoms with Gasteiger partial charge in [-0.25, -0.2) is 4.39 Å². The van der Waals surface area contributed by atoms with Gasteiger partial charge in [0.15, 0.2) is 11.5 Å². The van der Waals surface area contributed by atoms with Gasteiger partial charge in [0.25, 0.3) is 11.7 Å². The molecule has 1 unspecified atom stereocenters. The van der Waals surface area contributed by atoms with Crippen LogP contribution in [0.15, 0.2) is 66.2 Å². The average molecular weight is 491 g/mol. The lowest BCUT2D eigenvalue weighted by atomic mass is 9.94. The molecule has 0 radical (unpaired) electrons. The van der Waals surface area contributed by atoms with Crippen LogP contribution in [0.1, 0.15) is 24.1 Å². The Morgan fingerprint density at radius 3 is 2.53 bits per heavy atom. The fraction of sp³-hybridized carbons (Fsp3) is 0.185. The number of hydrogen-bond donors (Lipinski definition) is 1. The van der Waals surface area contributed by atoms with E-state index in [2.05, 4.69) is 0 Å². The summed E-state index contributed by atoms with van der Waals surface area (Å²) >= 11 is 0. The minimum Gasteiger partial charge on any atom is -0.507 e. The monoisotopic (exact) mass is 491 g/mol. The molecule has 1 amide bonds. The highest BCUT2D eigenvalue weighted by molar-refractivity contribution is 6.51. The lowest BCUT2D eigenvalue weighted by molar-refractivity contribution is -0.132. The predicted molar refractivity (Wildman–Crippen MR) is 128 cm³/mol. The van der Waals surface area contributed by atoms with E-state index in [0.29, 0.717) is 35.1 Å². The van der Waals surface area contributed by atoms with Gasteiger partial charge in [0.1, 0.15) is 23.1 Å². The third-order valence-electron chi connectivity index (χ3n) is 6.00. The Morgan fingerprint density at radius 1 is 1.06 bits per heavy atom. The summed E-state index contributed by atoms with van der Waals surface area (Å²) in [5.74, 6) is -1.28. The van der Waals surface area contributed by atoms with E-state index in [1.807, 2.05) is 6.92 Å². The van der Waals surface area contributed by atoms with Crippen molar-refractivity contribution in [1.82, 2.24) is 0 Å². The van der Waals surface area contributed by atoms with Crippen molar-refractivity contribution in [3.63, 3.8) is 0 Å². The smallest absolute Gasteiger partial charge is 0.300 e. The molecule has 0 spiro atoms. The van der Waals surface area contributed by atoms with Gasteiger partial charge in [0, 0.05) is 11.8 Å². The molecular weight excluding hydrogens is 469 g/mol. The Labute approximate surface area is 206 Å². The van der Waals surface area contributed by atoms with Crippen molar-refractivity contribution in [3.05, 3.63) is 83.2 Å². The molecule has 0 aromatic heterocycles. The zero-order valence-corrected chi connectivity index (χ0v) is 19.5. The number of rotatable bonds is 6. The van der Waals surface area contributed by atoms with Gasteiger partial charge < -0.3 is 24.1 Å². The Bertz CT molecular complexity index is 1380. The fourth-order valence-electron chi connectivity index (χ4n) is 4.37. The van der Waals surface area contributed by atoms with E-state index in [9.17, 15) is 19.1 Å². The Hall–Kier alpha value is -4.53. The quantitative estimate of drug-likeness (QED) is 0.306. The zero-order valence-electron chi connectivity index (χ0n) is 19.5. The lowest BCUT2D eigenvalue weighted by Gasteiger charge is -2.26. The van der Waals surface area contributed by atoms with Crippen LogP contribution in [-0.2, 0) is 9.59 Å². The SMILES string of the molecule is CCOc1ccc(C2/C(=C(\O)c3cc(F)ccc3OC)C(=O)C(=O)N2c2ccc3c(c2)OCO3)cc1. The molecule has 184 valence electrons. The number of aliphatic hydroxyl groups is 1. The summed E-state index contributed by atoms with van der Waals surface area (Å²) in [5, 5.41) is 11.3. The maximum Gasteiger partial charge on any atom is 0.300 e. The molecule has 36 heavy (non-hydrogen) atoms. The van der Waals surface area contributed by atoms with Gasteiger partial charge in [-0.2, -0.15) is 0 Å². The molecule has 1 atom stereocenters. The van der Waals surface area contributed by atoms with E-state index in [1.54, 1.807) is 42.5 Å². The van der Waals surface area contributed by atoms with Gasteiger partial charge in [-0.3, -0.25) is 14.5 Å². The number of amides is 1. The topological polar surface area (TPSA) is 94.5 Å². The number of ether oxygens (including phenoxy) is 4. The van der Waals surface area contributed by atoms with Crippen molar-refractivity contribution in [3.8, 4) is 23.0 Å². The number of ketones is 1. The van der Waals surface area contributed by atoms with Crippen LogP contribution in [0, 0.1) is 5.82 Å². The van der Waals surface area contributed by atoms with Crippen molar-refractivity contribution >= 4 is 23.1 Å². The number of benzene rings is 3. The highest BCUT2D eigenvalue weighted by Gasteiger charge is 2.47. The van der Waals surface area contributed by atoms with E-state index < -0.39 is 29.3 Å². The number of nitrogens with zero attached hydrogens (tertiary/aromatic N) is 1. The summed E-state index contributed by atoms with van der Waals surface area (Å²) in [6.45, 7) is 2.36. The number of carbonyl (C=O) groups excluding carboxylic acids is 2. The molecule has 1 saturated heterocycles. The molecule has 0 saturated carbocycles. The number of hydrogen-bond acceptors (Lipinski definition) is 7. The van der Waals surface area contributed by atoms with Crippen LogP contribution < -0.4 is 23.8 Å². The first-order chi connectivity index (χ1) is 17.4. The molecule has 2 heterocycles. The van der Waals surface area contributed by atoms with Crippen LogP contribution in [-0.4, -0.2) is 37.3 Å². The summed E-state index contributed by atoms with van der Waals surface area (Å²) in [7, 11) is 1.36. The van der Waals surface area contributed by atoms with Gasteiger partial charge >= 0.3 is 0 Å². The molecule has 0 bridgehead atoms. The summed E-state index contributed by atoms with van der Waals surface area (Å²) in [5.41, 5.74) is 0.653. The van der Waals surface area contributed by atoms with Crippen molar-refractivity contribution in [2.24, 2.45) is 0 Å². The summed E-state index contributed by atoms with van der Waals surface area (Å²) in [6.07, 6.45) is 0. The number of halogens is 1. The molecule has 8 nitrogen and oxygen atoms in total. The van der Waals surface area contributed by atoms with Crippen LogP contribution in [0.5, 0.6) is 23.0 Å². The van der Waals surface area contributed by atoms with E-state index in [4.69, 9.17) is 18.9 Å². The summed E-state index contributed by atoms with van der Waals surface area (Å²) < 4.78 is 35.7. The van der Waals surface area contributed by atoms with E-state index >= 15 is 0 Å². The number of anilines is 1. The number of Topliss-reactive ketones (excluding diaryl/α,β-unsaturated/α-hetero) is 1. The van der Waals surface area contributed by atoms with Gasteiger partial charge in [-0.15, -0.1) is 0 Å². The first-order valence-electron chi connectivity index (χ1n) is 11.2. The number of carbonyl (C=O) groups is 2. The maximum absolute atomic E-state index is 14.1. The summed E-state index contributed by atoms with van der Waals surface area (Å²) in [6, 6.07) is 14.2. The first-order valence-corrected chi connectivity index (χ1v) is 11.2. The lowest BCUT2D eigenvalue weighted by Crippen LogP contribution is -2.29. The third kappa shape index (κ3) is 3.88. The second-order valence-corrected chi connectivity index (χ2v) is 8.05. The van der Waals surface area contributed by atoms with Crippen molar-refractivity contribution in [1.29, 1.82) is 0 Å². The van der Waals surface area contributed by atoms with Crippen LogP contribution >= 0.6 is 0 Å². The van der Waals surface area contributed by atoms with Crippen LogP contribution in [0.3, 0.4) is 0 Å². The predicted octanol–water partition coefficient (Wildman–Crippen LogP) is 4.59. The maximum atomic E-state index is 14.1. The molecule has 9 heteroatoms. The number of aliphatic hydroxyl groups excluding tert-OH is 1. The third-order valence-corrected chi connectivity index (χ3v) is 6.00. The molecule has 1 N–H and O–H groups in total. The normalized spacial score (nSPS) is 18.0. The minimum absolute atomic E-state index is 0.0410. The Balaban J connectivity index is 1.71. The van der Waals surface area contributed by atoms with E-state index in [-0.39, 0.29) is 23.7 Å². The van der Waals surface area contributed by atoms with Crippen molar-refractivity contribution < 1.29 is 38.0 Å². The van der Waals surface area contributed by atoms with Gasteiger partial charge in [-0.05, 0) is 55.0 Å². The number of methoxy groups -OCH3 is 1. The molecule has 5 rings (SSSR count). The molecule has 1 fully saturated rings. The highest BCUT2D eigenvalue weighted by atomic mass is 19.1. The second kappa shape index (κ2) is 9.26. The molecule has 2 aliphatic heterocycles. The second-order valence-electron chi connectivity index (χ2n) is 8.05. The minimum atomic E-state index is -1.02. The van der Waals surface area contributed by atoms with Gasteiger partial charge in [0.2, 0.25) is 6.79 Å². The van der Waals surface area contributed by atoms with Crippen LogP contribution in [0.25, 0.3) is 5.76 Å². The van der Waals surface area contributed by atoms with Crippen LogP contribution in [0.2, 0.25) is 0 Å². The largest absolute Gasteiger partial charge is 0.507 e. The van der Waals surface area contributed by atoms with Crippen LogP contribution in [0.4, 0.5) is 10.1 Å². The first kappa shape index (κ1) is 23.2. The van der Waals surface area contributed by atoms with E-state index in [1.165, 1.54) is 24.1 Å². The van der Waals surface area contributed by atoms with Crippen molar-refractivity contribution in [2.75, 3.05) is 25.4 Å². The molecule has 3 aromatic carbocycles.